The molecule has 0 aliphatic carbocycles. The number of ether oxygens (including phenoxy) is 1. The van der Waals surface area contributed by atoms with Gasteiger partial charge in [0.15, 0.2) is 11.6 Å². The summed E-state index contributed by atoms with van der Waals surface area (Å²) >= 11 is 0. The Morgan fingerprint density at radius 2 is 2.06 bits per heavy atom. The SMILES string of the molecule is NC[C@H]1CN(c2cc(F)c(N3CCNN(C(=O)NCc4cn[nH]n4)CC3)c(F)c2)C(=O)O1. The zero-order chi connectivity index (χ0) is 22.7. The van der Waals surface area contributed by atoms with Crippen molar-refractivity contribution < 1.29 is 23.1 Å². The molecule has 172 valence electrons. The average Bonchev–Trinajstić information content (AvgIpc) is 3.35. The van der Waals surface area contributed by atoms with Gasteiger partial charge < -0.3 is 20.7 Å². The minimum absolute atomic E-state index is 0.0616. The van der Waals surface area contributed by atoms with Crippen molar-refractivity contribution in [1.82, 2.24) is 31.2 Å². The van der Waals surface area contributed by atoms with Crippen LogP contribution in [-0.4, -0.2) is 77.9 Å². The quantitative estimate of drug-likeness (QED) is 0.493. The first-order chi connectivity index (χ1) is 15.5. The van der Waals surface area contributed by atoms with E-state index in [1.54, 1.807) is 0 Å². The molecule has 2 aliphatic heterocycles. The maximum absolute atomic E-state index is 14.9. The van der Waals surface area contributed by atoms with Gasteiger partial charge in [0.05, 0.1) is 31.5 Å². The van der Waals surface area contributed by atoms with Gasteiger partial charge in [-0.15, -0.1) is 0 Å². The monoisotopic (exact) mass is 451 g/mol. The highest BCUT2D eigenvalue weighted by atomic mass is 19.1. The number of hydrazine groups is 1. The van der Waals surface area contributed by atoms with Crippen LogP contribution in [0.1, 0.15) is 5.69 Å². The molecule has 1 atom stereocenters. The molecule has 2 fully saturated rings. The third-order valence-electron chi connectivity index (χ3n) is 5.18. The number of aromatic nitrogens is 3. The number of carbonyl (C=O) groups excluding carboxylic acids is 2. The summed E-state index contributed by atoms with van der Waals surface area (Å²) in [5.74, 6) is -1.62. The van der Waals surface area contributed by atoms with E-state index < -0.39 is 29.9 Å². The number of amides is 3. The van der Waals surface area contributed by atoms with E-state index in [9.17, 15) is 18.4 Å². The average molecular weight is 451 g/mol. The van der Waals surface area contributed by atoms with Gasteiger partial charge in [0.1, 0.15) is 17.5 Å². The summed E-state index contributed by atoms with van der Waals surface area (Å²) in [4.78, 5) is 27.0. The normalized spacial score (nSPS) is 19.2. The maximum atomic E-state index is 14.9. The van der Waals surface area contributed by atoms with Crippen molar-refractivity contribution in [3.63, 3.8) is 0 Å². The number of anilines is 2. The molecule has 1 aromatic heterocycles. The standard InChI is InChI=1S/C18H23F2N9O3/c19-14-5-12(28-10-13(7-21)32-18(28)31)6-15(20)16(14)27-2-1-24-29(4-3-27)17(30)22-8-11-9-23-26-25-11/h5-6,9,13,24H,1-4,7-8,10,21H2,(H,22,30)(H,23,25,26)/t13-/m0/s1. The highest BCUT2D eigenvalue weighted by Gasteiger charge is 2.33. The second-order valence-electron chi connectivity index (χ2n) is 7.28. The maximum Gasteiger partial charge on any atom is 0.414 e. The van der Waals surface area contributed by atoms with Crippen molar-refractivity contribution >= 4 is 23.5 Å². The van der Waals surface area contributed by atoms with Crippen LogP contribution in [0.15, 0.2) is 18.3 Å². The number of urea groups is 1. The second-order valence-corrected chi connectivity index (χ2v) is 7.28. The van der Waals surface area contributed by atoms with Gasteiger partial charge in [-0.3, -0.25) is 9.91 Å². The number of hydrogen-bond donors (Lipinski definition) is 4. The molecule has 0 radical (unpaired) electrons. The number of hydrogen-bond acceptors (Lipinski definition) is 8. The lowest BCUT2D eigenvalue weighted by atomic mass is 10.2. The predicted molar refractivity (Wildman–Crippen MR) is 109 cm³/mol. The number of halogens is 2. The number of H-pyrrole nitrogens is 1. The molecular formula is C18H23F2N9O3. The molecule has 32 heavy (non-hydrogen) atoms. The number of rotatable bonds is 5. The van der Waals surface area contributed by atoms with E-state index in [4.69, 9.17) is 10.5 Å². The fourth-order valence-corrected chi connectivity index (χ4v) is 3.57. The van der Waals surface area contributed by atoms with E-state index in [0.29, 0.717) is 5.69 Å². The molecule has 14 heteroatoms. The summed E-state index contributed by atoms with van der Waals surface area (Å²) in [6.45, 7) is 1.36. The summed E-state index contributed by atoms with van der Waals surface area (Å²) in [5, 5.41) is 14.0. The predicted octanol–water partition coefficient (Wildman–Crippen LogP) is -0.0968. The molecule has 0 spiro atoms. The largest absolute Gasteiger partial charge is 0.443 e. The Bertz CT molecular complexity index is 952. The Balaban J connectivity index is 1.41. The van der Waals surface area contributed by atoms with E-state index in [0.717, 1.165) is 17.0 Å². The molecule has 3 amide bonds. The van der Waals surface area contributed by atoms with Gasteiger partial charge in [0.2, 0.25) is 0 Å². The Kier molecular flexibility index (Phi) is 6.32. The third-order valence-corrected chi connectivity index (χ3v) is 5.18. The smallest absolute Gasteiger partial charge is 0.414 e. The molecule has 2 aliphatic rings. The fourth-order valence-electron chi connectivity index (χ4n) is 3.57. The molecule has 5 N–H and O–H groups in total. The van der Waals surface area contributed by atoms with Gasteiger partial charge in [0.25, 0.3) is 0 Å². The molecule has 0 unspecified atom stereocenters. The first-order valence-corrected chi connectivity index (χ1v) is 10.0. The van der Waals surface area contributed by atoms with E-state index in [1.807, 2.05) is 0 Å². The van der Waals surface area contributed by atoms with Crippen LogP contribution in [0.25, 0.3) is 0 Å². The minimum atomic E-state index is -0.812. The van der Waals surface area contributed by atoms with E-state index in [-0.39, 0.29) is 57.2 Å². The number of nitrogens with two attached hydrogens (primary N) is 1. The number of nitrogens with one attached hydrogen (secondary N) is 3. The topological polar surface area (TPSA) is 145 Å². The number of nitrogens with zero attached hydrogens (tertiary/aromatic N) is 5. The van der Waals surface area contributed by atoms with Crippen molar-refractivity contribution in [1.29, 1.82) is 0 Å². The molecule has 12 nitrogen and oxygen atoms in total. The number of carbonyl (C=O) groups is 2. The van der Waals surface area contributed by atoms with Crippen LogP contribution in [0, 0.1) is 11.6 Å². The lowest BCUT2D eigenvalue weighted by Crippen LogP contribution is -2.48. The van der Waals surface area contributed by atoms with E-state index >= 15 is 0 Å². The molecule has 2 aromatic rings. The molecule has 0 bridgehead atoms. The number of benzene rings is 1. The number of aromatic amines is 1. The van der Waals surface area contributed by atoms with Gasteiger partial charge >= 0.3 is 12.1 Å². The van der Waals surface area contributed by atoms with Gasteiger partial charge in [-0.2, -0.15) is 15.4 Å². The molecule has 1 aromatic carbocycles. The van der Waals surface area contributed by atoms with Crippen molar-refractivity contribution in [2.24, 2.45) is 5.73 Å². The van der Waals surface area contributed by atoms with Gasteiger partial charge in [-0.25, -0.2) is 23.8 Å². The van der Waals surface area contributed by atoms with E-state index in [2.05, 4.69) is 26.2 Å². The molecule has 2 saturated heterocycles. The summed E-state index contributed by atoms with van der Waals surface area (Å²) in [7, 11) is 0. The molecule has 0 saturated carbocycles. The Hall–Kier alpha value is -3.52. The van der Waals surface area contributed by atoms with Crippen molar-refractivity contribution in [3.05, 3.63) is 35.7 Å². The second kappa shape index (κ2) is 9.32. The van der Waals surface area contributed by atoms with Crippen LogP contribution < -0.4 is 26.3 Å². The van der Waals surface area contributed by atoms with Crippen LogP contribution >= 0.6 is 0 Å². The first-order valence-electron chi connectivity index (χ1n) is 10.0. The summed E-state index contributed by atoms with van der Waals surface area (Å²) in [6.07, 6.45) is 0.273. The molecular weight excluding hydrogens is 428 g/mol. The zero-order valence-corrected chi connectivity index (χ0v) is 17.1. The van der Waals surface area contributed by atoms with Crippen molar-refractivity contribution in [3.8, 4) is 0 Å². The van der Waals surface area contributed by atoms with Crippen LogP contribution in [0.5, 0.6) is 0 Å². The summed E-state index contributed by atoms with van der Waals surface area (Å²) in [5.41, 5.74) is 8.85. The lowest BCUT2D eigenvalue weighted by molar-refractivity contribution is 0.145. The van der Waals surface area contributed by atoms with Crippen LogP contribution in [0.4, 0.5) is 29.7 Å². The van der Waals surface area contributed by atoms with E-state index in [1.165, 1.54) is 16.1 Å². The zero-order valence-electron chi connectivity index (χ0n) is 17.1. The summed E-state index contributed by atoms with van der Waals surface area (Å²) in [6, 6.07) is 1.80. The first kappa shape index (κ1) is 21.7. The van der Waals surface area contributed by atoms with Gasteiger partial charge in [-0.05, 0) is 0 Å². The van der Waals surface area contributed by atoms with Crippen LogP contribution in [-0.2, 0) is 11.3 Å². The summed E-state index contributed by atoms with van der Waals surface area (Å²) < 4.78 is 34.9. The number of cyclic esters (lactones) is 1. The highest BCUT2D eigenvalue weighted by molar-refractivity contribution is 5.90. The van der Waals surface area contributed by atoms with Crippen LogP contribution in [0.2, 0.25) is 0 Å². The van der Waals surface area contributed by atoms with Gasteiger partial charge in [-0.1, -0.05) is 0 Å². The Labute approximate surface area is 181 Å². The highest BCUT2D eigenvalue weighted by Crippen LogP contribution is 2.31. The lowest BCUT2D eigenvalue weighted by Gasteiger charge is -2.25. The van der Waals surface area contributed by atoms with Crippen molar-refractivity contribution in [2.75, 3.05) is 49.1 Å². The molecule has 3 heterocycles. The Morgan fingerprint density at radius 1 is 1.28 bits per heavy atom. The minimum Gasteiger partial charge on any atom is -0.443 e. The fraction of sp³-hybridized carbons (Fsp3) is 0.444. The van der Waals surface area contributed by atoms with Crippen LogP contribution in [0.3, 0.4) is 0 Å². The third kappa shape index (κ3) is 4.55. The van der Waals surface area contributed by atoms with Gasteiger partial charge in [0, 0.05) is 38.3 Å². The Morgan fingerprint density at radius 3 is 2.72 bits per heavy atom. The molecule has 4 rings (SSSR count). The van der Waals surface area contributed by atoms with Crippen molar-refractivity contribution in [2.45, 2.75) is 12.6 Å².